The van der Waals surface area contributed by atoms with E-state index in [1.807, 2.05) is 0 Å². The van der Waals surface area contributed by atoms with Crippen LogP contribution in [0.15, 0.2) is 48.0 Å². The largest absolute Gasteiger partial charge is 0.345 e. The first kappa shape index (κ1) is 16.1. The number of thiophene rings is 1. The number of para-hydroxylation sites is 1. The first-order chi connectivity index (χ1) is 9.75. The summed E-state index contributed by atoms with van der Waals surface area (Å²) in [4.78, 5) is 1.39. The number of hydrogen-bond acceptors (Lipinski definition) is 2. The number of halogens is 1. The van der Waals surface area contributed by atoms with Crippen molar-refractivity contribution in [3.63, 3.8) is 0 Å². The Balaban J connectivity index is 0.00000161. The van der Waals surface area contributed by atoms with Crippen LogP contribution >= 0.6 is 23.7 Å². The predicted octanol–water partition coefficient (Wildman–Crippen LogP) is 5.00. The van der Waals surface area contributed by atoms with Crippen molar-refractivity contribution >= 4 is 34.6 Å². The first-order valence-corrected chi connectivity index (χ1v) is 7.95. The molecule has 0 radical (unpaired) electrons. The Labute approximate surface area is 136 Å². The summed E-state index contributed by atoms with van der Waals surface area (Å²) < 4.78 is 2.36. The molecule has 3 aromatic rings. The van der Waals surface area contributed by atoms with Crippen LogP contribution in [0.1, 0.15) is 30.3 Å². The van der Waals surface area contributed by atoms with Gasteiger partial charge in [-0.3, -0.25) is 0 Å². The van der Waals surface area contributed by atoms with Crippen molar-refractivity contribution < 1.29 is 0 Å². The summed E-state index contributed by atoms with van der Waals surface area (Å²) in [6.45, 7) is 6.32. The topological polar surface area (TPSA) is 17.0 Å². The molecule has 0 spiro atoms. The van der Waals surface area contributed by atoms with Gasteiger partial charge in [-0.15, -0.1) is 23.7 Å². The molecule has 2 nitrogen and oxygen atoms in total. The Morgan fingerprint density at radius 1 is 1.10 bits per heavy atom. The number of aromatic nitrogens is 1. The van der Waals surface area contributed by atoms with E-state index in [-0.39, 0.29) is 12.4 Å². The van der Waals surface area contributed by atoms with E-state index in [9.17, 15) is 0 Å². The molecule has 1 aromatic carbocycles. The molecule has 0 saturated heterocycles. The molecule has 1 N–H and O–H groups in total. The molecule has 0 atom stereocenters. The highest BCUT2D eigenvalue weighted by Gasteiger charge is 2.09. The van der Waals surface area contributed by atoms with Crippen LogP contribution in [-0.4, -0.2) is 4.57 Å². The Morgan fingerprint density at radius 3 is 2.62 bits per heavy atom. The zero-order valence-electron chi connectivity index (χ0n) is 12.4. The van der Waals surface area contributed by atoms with Crippen molar-refractivity contribution in [3.8, 4) is 0 Å². The third-order valence-corrected chi connectivity index (χ3v) is 4.45. The smallest absolute Gasteiger partial charge is 0.0486 e. The fraction of sp³-hybridized carbons (Fsp3) is 0.294. The van der Waals surface area contributed by atoms with Crippen molar-refractivity contribution in [2.24, 2.45) is 0 Å². The number of nitrogens with zero attached hydrogens (tertiary/aromatic N) is 1. The molecule has 0 aliphatic rings. The molecule has 21 heavy (non-hydrogen) atoms. The highest BCUT2D eigenvalue weighted by Crippen LogP contribution is 2.24. The third kappa shape index (κ3) is 3.49. The van der Waals surface area contributed by atoms with Crippen LogP contribution in [0.2, 0.25) is 0 Å². The monoisotopic (exact) mass is 320 g/mol. The zero-order valence-corrected chi connectivity index (χ0v) is 14.0. The van der Waals surface area contributed by atoms with E-state index in [0.29, 0.717) is 6.04 Å². The summed E-state index contributed by atoms with van der Waals surface area (Å²) in [5, 5.41) is 7.03. The highest BCUT2D eigenvalue weighted by molar-refractivity contribution is 7.09. The van der Waals surface area contributed by atoms with Gasteiger partial charge in [-0.1, -0.05) is 24.3 Å². The quantitative estimate of drug-likeness (QED) is 0.700. The van der Waals surface area contributed by atoms with Crippen molar-refractivity contribution in [1.29, 1.82) is 0 Å². The van der Waals surface area contributed by atoms with Crippen LogP contribution in [0.3, 0.4) is 0 Å². The molecule has 0 saturated carbocycles. The molecular formula is C17H21ClN2S. The number of benzene rings is 1. The molecule has 0 aliphatic heterocycles. The summed E-state index contributed by atoms with van der Waals surface area (Å²) >= 11 is 1.80. The van der Waals surface area contributed by atoms with E-state index in [1.54, 1.807) is 11.3 Å². The second-order valence-electron chi connectivity index (χ2n) is 5.36. The number of rotatable bonds is 5. The van der Waals surface area contributed by atoms with E-state index in [1.165, 1.54) is 21.3 Å². The highest BCUT2D eigenvalue weighted by atomic mass is 35.5. The van der Waals surface area contributed by atoms with Gasteiger partial charge in [0, 0.05) is 41.1 Å². The van der Waals surface area contributed by atoms with E-state index in [0.717, 1.165) is 13.1 Å². The molecule has 2 aromatic heterocycles. The van der Waals surface area contributed by atoms with Crippen LogP contribution in [0.25, 0.3) is 10.9 Å². The lowest BCUT2D eigenvalue weighted by atomic mass is 10.2. The standard InChI is InChI=1S/C17H20N2S.ClH/c1-13(2)19-12-14(16-7-3-4-8-17(16)19)10-18-11-15-6-5-9-20-15;/h3-9,12-13,18H,10-11H2,1-2H3;1H. The van der Waals surface area contributed by atoms with Gasteiger partial charge in [0.25, 0.3) is 0 Å². The van der Waals surface area contributed by atoms with Gasteiger partial charge >= 0.3 is 0 Å². The third-order valence-electron chi connectivity index (χ3n) is 3.57. The molecule has 2 heterocycles. The van der Waals surface area contributed by atoms with Crippen molar-refractivity contribution in [1.82, 2.24) is 9.88 Å². The molecule has 3 rings (SSSR count). The molecule has 0 unspecified atom stereocenters. The van der Waals surface area contributed by atoms with Gasteiger partial charge in [0.15, 0.2) is 0 Å². The molecule has 0 bridgehead atoms. The minimum Gasteiger partial charge on any atom is -0.345 e. The molecule has 112 valence electrons. The van der Waals surface area contributed by atoms with Crippen molar-refractivity contribution in [2.45, 2.75) is 33.0 Å². The van der Waals surface area contributed by atoms with E-state index in [4.69, 9.17) is 0 Å². The fourth-order valence-corrected chi connectivity index (χ4v) is 3.25. The van der Waals surface area contributed by atoms with Crippen LogP contribution in [0.4, 0.5) is 0 Å². The van der Waals surface area contributed by atoms with E-state index < -0.39 is 0 Å². The average molecular weight is 321 g/mol. The Hall–Kier alpha value is -1.29. The van der Waals surface area contributed by atoms with Crippen molar-refractivity contribution in [2.75, 3.05) is 0 Å². The second-order valence-corrected chi connectivity index (χ2v) is 6.39. The Morgan fingerprint density at radius 2 is 1.90 bits per heavy atom. The molecule has 0 amide bonds. The van der Waals surface area contributed by atoms with Crippen LogP contribution in [0, 0.1) is 0 Å². The average Bonchev–Trinajstić information content (AvgIpc) is 3.07. The molecule has 0 fully saturated rings. The lowest BCUT2D eigenvalue weighted by Crippen LogP contribution is -2.11. The van der Waals surface area contributed by atoms with E-state index in [2.05, 4.69) is 71.7 Å². The SMILES string of the molecule is CC(C)n1cc(CNCc2cccs2)c2ccccc21.Cl. The lowest BCUT2D eigenvalue weighted by molar-refractivity contribution is 0.617. The number of hydrogen-bond donors (Lipinski definition) is 1. The maximum absolute atomic E-state index is 3.55. The summed E-state index contributed by atoms with van der Waals surface area (Å²) in [6.07, 6.45) is 2.29. The van der Waals surface area contributed by atoms with Crippen LogP contribution in [-0.2, 0) is 13.1 Å². The maximum Gasteiger partial charge on any atom is 0.0486 e. The van der Waals surface area contributed by atoms with Gasteiger partial charge < -0.3 is 9.88 Å². The molecule has 0 aliphatic carbocycles. The lowest BCUT2D eigenvalue weighted by Gasteiger charge is -2.08. The Bertz CT molecular complexity index is 686. The number of nitrogens with one attached hydrogen (secondary N) is 1. The minimum atomic E-state index is 0. The summed E-state index contributed by atoms with van der Waals surface area (Å²) in [5.41, 5.74) is 2.71. The molecule has 4 heteroatoms. The van der Waals surface area contributed by atoms with Gasteiger partial charge in [-0.2, -0.15) is 0 Å². The summed E-state index contributed by atoms with van der Waals surface area (Å²) in [5.74, 6) is 0. The zero-order chi connectivity index (χ0) is 13.9. The van der Waals surface area contributed by atoms with E-state index >= 15 is 0 Å². The normalized spacial score (nSPS) is 11.0. The summed E-state index contributed by atoms with van der Waals surface area (Å²) in [7, 11) is 0. The predicted molar refractivity (Wildman–Crippen MR) is 94.4 cm³/mol. The minimum absolute atomic E-state index is 0. The fourth-order valence-electron chi connectivity index (χ4n) is 2.58. The van der Waals surface area contributed by atoms with Gasteiger partial charge in [0.2, 0.25) is 0 Å². The van der Waals surface area contributed by atoms with Gasteiger partial charge in [0.05, 0.1) is 0 Å². The van der Waals surface area contributed by atoms with Crippen molar-refractivity contribution in [3.05, 3.63) is 58.4 Å². The Kier molecular flexibility index (Phi) is 5.45. The van der Waals surface area contributed by atoms with Gasteiger partial charge in [-0.05, 0) is 36.9 Å². The summed E-state index contributed by atoms with van der Waals surface area (Å²) in [6, 6.07) is 13.4. The molecular weight excluding hydrogens is 300 g/mol. The first-order valence-electron chi connectivity index (χ1n) is 7.07. The van der Waals surface area contributed by atoms with Crippen LogP contribution < -0.4 is 5.32 Å². The van der Waals surface area contributed by atoms with Gasteiger partial charge in [0.1, 0.15) is 0 Å². The second kappa shape index (κ2) is 7.12. The van der Waals surface area contributed by atoms with Gasteiger partial charge in [-0.25, -0.2) is 0 Å². The number of fused-ring (bicyclic) bond motifs is 1. The van der Waals surface area contributed by atoms with Crippen LogP contribution in [0.5, 0.6) is 0 Å². The maximum atomic E-state index is 3.55.